The molecule has 0 aliphatic carbocycles. The molecule has 23 heavy (non-hydrogen) atoms. The number of nitrogens with one attached hydrogen (secondary N) is 2. The normalized spacial score (nSPS) is 12.0. The van der Waals surface area contributed by atoms with Gasteiger partial charge in [-0.25, -0.2) is 4.39 Å². The highest BCUT2D eigenvalue weighted by molar-refractivity contribution is 5.76. The summed E-state index contributed by atoms with van der Waals surface area (Å²) in [6, 6.07) is 6.39. The topological polar surface area (TPSA) is 58.2 Å². The van der Waals surface area contributed by atoms with Crippen molar-refractivity contribution in [3.05, 3.63) is 35.6 Å². The summed E-state index contributed by atoms with van der Waals surface area (Å²) in [6.07, 6.45) is 1.98. The van der Waals surface area contributed by atoms with Gasteiger partial charge in [0.2, 0.25) is 11.8 Å². The third-order valence-electron chi connectivity index (χ3n) is 3.58. The summed E-state index contributed by atoms with van der Waals surface area (Å²) in [5.41, 5.74) is 0.994. The first-order chi connectivity index (χ1) is 10.9. The quantitative estimate of drug-likeness (QED) is 0.687. The Bertz CT molecular complexity index is 500. The molecule has 1 atom stereocenters. The fourth-order valence-electron chi connectivity index (χ4n) is 2.52. The van der Waals surface area contributed by atoms with Gasteiger partial charge in [0.1, 0.15) is 5.82 Å². The zero-order chi connectivity index (χ0) is 17.2. The average molecular weight is 322 g/mol. The summed E-state index contributed by atoms with van der Waals surface area (Å²) in [4.78, 5) is 22.8. The van der Waals surface area contributed by atoms with Gasteiger partial charge in [-0.15, -0.1) is 0 Å². The van der Waals surface area contributed by atoms with E-state index in [4.69, 9.17) is 0 Å². The molecule has 0 aromatic heterocycles. The van der Waals surface area contributed by atoms with Crippen LogP contribution in [0, 0.1) is 11.7 Å². The molecule has 0 radical (unpaired) electrons. The summed E-state index contributed by atoms with van der Waals surface area (Å²) < 4.78 is 13.1. The van der Waals surface area contributed by atoms with Crippen LogP contribution >= 0.6 is 0 Å². The van der Waals surface area contributed by atoms with E-state index in [2.05, 4.69) is 24.5 Å². The number of carbonyl (C=O) groups excluding carboxylic acids is 2. The summed E-state index contributed by atoms with van der Waals surface area (Å²) in [5, 5.41) is 5.57. The highest BCUT2D eigenvalue weighted by Crippen LogP contribution is 2.27. The van der Waals surface area contributed by atoms with E-state index in [1.807, 2.05) is 0 Å². The number of amides is 2. The Labute approximate surface area is 137 Å². The summed E-state index contributed by atoms with van der Waals surface area (Å²) >= 11 is 0. The van der Waals surface area contributed by atoms with Crippen molar-refractivity contribution in [3.63, 3.8) is 0 Å². The molecule has 0 spiro atoms. The van der Waals surface area contributed by atoms with Gasteiger partial charge in [-0.2, -0.15) is 0 Å². The molecule has 2 N–H and O–H groups in total. The third-order valence-corrected chi connectivity index (χ3v) is 3.58. The fraction of sp³-hybridized carbons (Fsp3) is 0.556. The zero-order valence-electron chi connectivity index (χ0n) is 14.2. The smallest absolute Gasteiger partial charge is 0.220 e. The lowest BCUT2D eigenvalue weighted by atomic mass is 9.87. The second-order valence-electron chi connectivity index (χ2n) is 6.27. The molecule has 1 aromatic rings. The Morgan fingerprint density at radius 2 is 1.70 bits per heavy atom. The van der Waals surface area contributed by atoms with Crippen LogP contribution in [0.4, 0.5) is 4.39 Å². The van der Waals surface area contributed by atoms with Crippen molar-refractivity contribution in [1.82, 2.24) is 10.6 Å². The van der Waals surface area contributed by atoms with Crippen molar-refractivity contribution in [3.8, 4) is 0 Å². The molecule has 0 saturated carbocycles. The predicted octanol–water partition coefficient (Wildman–Crippen LogP) is 2.99. The van der Waals surface area contributed by atoms with Crippen LogP contribution in [-0.2, 0) is 9.59 Å². The molecule has 4 nitrogen and oxygen atoms in total. The van der Waals surface area contributed by atoms with E-state index in [9.17, 15) is 14.0 Å². The lowest BCUT2D eigenvalue weighted by molar-refractivity contribution is -0.121. The number of rotatable bonds is 9. The monoisotopic (exact) mass is 322 g/mol. The summed E-state index contributed by atoms with van der Waals surface area (Å²) in [6.45, 7) is 6.79. The van der Waals surface area contributed by atoms with Crippen molar-refractivity contribution in [2.24, 2.45) is 5.92 Å². The van der Waals surface area contributed by atoms with Crippen LogP contribution in [0.25, 0.3) is 0 Å². The van der Waals surface area contributed by atoms with Gasteiger partial charge in [-0.3, -0.25) is 9.59 Å². The van der Waals surface area contributed by atoms with Gasteiger partial charge in [0, 0.05) is 26.4 Å². The molecule has 2 amide bonds. The Morgan fingerprint density at radius 3 is 2.26 bits per heavy atom. The first-order valence-electron chi connectivity index (χ1n) is 8.15. The van der Waals surface area contributed by atoms with Gasteiger partial charge in [0.05, 0.1) is 0 Å². The van der Waals surface area contributed by atoms with Crippen LogP contribution in [0.2, 0.25) is 0 Å². The Kier molecular flexibility index (Phi) is 8.30. The molecule has 1 aromatic carbocycles. The average Bonchev–Trinajstić information content (AvgIpc) is 2.46. The van der Waals surface area contributed by atoms with Gasteiger partial charge < -0.3 is 10.6 Å². The van der Waals surface area contributed by atoms with Gasteiger partial charge in [0.25, 0.3) is 0 Å². The minimum absolute atomic E-state index is 0.0113. The summed E-state index contributed by atoms with van der Waals surface area (Å²) in [7, 11) is 0. The highest BCUT2D eigenvalue weighted by atomic mass is 19.1. The molecule has 0 saturated heterocycles. The second kappa shape index (κ2) is 9.98. The van der Waals surface area contributed by atoms with Crippen molar-refractivity contribution in [2.75, 3.05) is 13.1 Å². The van der Waals surface area contributed by atoms with Gasteiger partial charge >= 0.3 is 0 Å². The van der Waals surface area contributed by atoms with E-state index >= 15 is 0 Å². The Hall–Kier alpha value is -1.91. The first-order valence-corrected chi connectivity index (χ1v) is 8.15. The van der Waals surface area contributed by atoms with E-state index in [1.54, 1.807) is 12.1 Å². The molecular weight excluding hydrogens is 295 g/mol. The molecule has 0 aliphatic heterocycles. The largest absolute Gasteiger partial charge is 0.356 e. The van der Waals surface area contributed by atoms with Crippen LogP contribution < -0.4 is 10.6 Å². The molecule has 0 fully saturated rings. The van der Waals surface area contributed by atoms with Crippen LogP contribution in [0.15, 0.2) is 24.3 Å². The van der Waals surface area contributed by atoms with Gasteiger partial charge in [0.15, 0.2) is 0 Å². The number of benzene rings is 1. The molecular formula is C18H27FN2O2. The van der Waals surface area contributed by atoms with Gasteiger partial charge in [-0.05, 0) is 42.4 Å². The Morgan fingerprint density at radius 1 is 1.09 bits per heavy atom. The van der Waals surface area contributed by atoms with E-state index in [0.29, 0.717) is 31.8 Å². The minimum atomic E-state index is -0.264. The molecule has 0 heterocycles. The van der Waals surface area contributed by atoms with Gasteiger partial charge in [-0.1, -0.05) is 26.0 Å². The first kappa shape index (κ1) is 19.1. The number of carbonyl (C=O) groups is 2. The number of hydrogen-bond acceptors (Lipinski definition) is 2. The third kappa shape index (κ3) is 8.33. The molecule has 0 aliphatic rings. The SMILES string of the molecule is CC(=O)NCCCNC(=O)CC(CC(C)C)c1ccc(F)cc1. The number of hydrogen-bond donors (Lipinski definition) is 2. The van der Waals surface area contributed by atoms with Crippen molar-refractivity contribution in [2.45, 2.75) is 46.0 Å². The predicted molar refractivity (Wildman–Crippen MR) is 89.5 cm³/mol. The Balaban J connectivity index is 2.48. The molecule has 128 valence electrons. The van der Waals surface area contributed by atoms with Crippen LogP contribution in [0.5, 0.6) is 0 Å². The molecule has 1 unspecified atom stereocenters. The van der Waals surface area contributed by atoms with Crippen molar-refractivity contribution >= 4 is 11.8 Å². The molecule has 0 bridgehead atoms. The van der Waals surface area contributed by atoms with E-state index in [1.165, 1.54) is 19.1 Å². The van der Waals surface area contributed by atoms with E-state index in [0.717, 1.165) is 12.0 Å². The van der Waals surface area contributed by atoms with E-state index < -0.39 is 0 Å². The van der Waals surface area contributed by atoms with E-state index in [-0.39, 0.29) is 23.5 Å². The fourth-order valence-corrected chi connectivity index (χ4v) is 2.52. The minimum Gasteiger partial charge on any atom is -0.356 e. The molecule has 1 rings (SSSR count). The lowest BCUT2D eigenvalue weighted by Crippen LogP contribution is -2.29. The maximum Gasteiger partial charge on any atom is 0.220 e. The highest BCUT2D eigenvalue weighted by Gasteiger charge is 2.17. The van der Waals surface area contributed by atoms with Crippen LogP contribution in [0.3, 0.4) is 0 Å². The van der Waals surface area contributed by atoms with Crippen molar-refractivity contribution in [1.29, 1.82) is 0 Å². The standard InChI is InChI=1S/C18H27FN2O2/c1-13(2)11-16(15-5-7-17(19)8-6-15)12-18(23)21-10-4-9-20-14(3)22/h5-8,13,16H,4,9-12H2,1-3H3,(H,20,22)(H,21,23). The maximum atomic E-state index is 13.1. The lowest BCUT2D eigenvalue weighted by Gasteiger charge is -2.19. The van der Waals surface area contributed by atoms with Crippen molar-refractivity contribution < 1.29 is 14.0 Å². The molecule has 5 heteroatoms. The number of halogens is 1. The zero-order valence-corrected chi connectivity index (χ0v) is 14.2. The summed E-state index contributed by atoms with van der Waals surface area (Å²) in [5.74, 6) is 0.204. The van der Waals surface area contributed by atoms with Crippen LogP contribution in [0.1, 0.15) is 51.5 Å². The maximum absolute atomic E-state index is 13.1. The second-order valence-corrected chi connectivity index (χ2v) is 6.27. The van der Waals surface area contributed by atoms with Crippen LogP contribution in [-0.4, -0.2) is 24.9 Å².